The predicted octanol–water partition coefficient (Wildman–Crippen LogP) is 5.24. The van der Waals surface area contributed by atoms with E-state index in [4.69, 9.17) is 0 Å². The van der Waals surface area contributed by atoms with Crippen molar-refractivity contribution in [1.29, 1.82) is 0 Å². The number of halogens is 4. The van der Waals surface area contributed by atoms with Gasteiger partial charge in [0.1, 0.15) is 5.82 Å². The second kappa shape index (κ2) is 7.57. The zero-order valence-electron chi connectivity index (χ0n) is 15.8. The maximum Gasteiger partial charge on any atom is 0.417 e. The summed E-state index contributed by atoms with van der Waals surface area (Å²) in [5.74, 6) is -0.373. The molecule has 0 spiro atoms. The highest BCUT2D eigenvalue weighted by Gasteiger charge is 2.53. The Morgan fingerprint density at radius 1 is 0.833 bits per heavy atom. The molecule has 0 bridgehead atoms. The van der Waals surface area contributed by atoms with Gasteiger partial charge >= 0.3 is 6.18 Å². The van der Waals surface area contributed by atoms with Crippen molar-refractivity contribution in [2.24, 2.45) is 0 Å². The Morgan fingerprint density at radius 3 is 2.17 bits per heavy atom. The summed E-state index contributed by atoms with van der Waals surface area (Å²) in [6.07, 6.45) is -4.38. The summed E-state index contributed by atoms with van der Waals surface area (Å²) in [5.41, 5.74) is -0.840. The quantitative estimate of drug-likeness (QED) is 0.454. The molecule has 4 aromatic rings. The standard InChI is InChI=1S/C23H18F4N2O/c24-19-7-9-20(10-8-19)29-21-11-6-17(12-18(21)15-28-29)14-22(30,23(25,26)27)13-16-4-2-1-3-5-16/h1-12,15,30H,13-14H2. The molecule has 0 saturated heterocycles. The van der Waals surface area contributed by atoms with E-state index in [2.05, 4.69) is 5.10 Å². The molecule has 1 unspecified atom stereocenters. The minimum Gasteiger partial charge on any atom is -0.380 e. The fraction of sp³-hybridized carbons (Fsp3) is 0.174. The molecule has 0 aliphatic carbocycles. The van der Waals surface area contributed by atoms with Crippen molar-refractivity contribution < 1.29 is 22.7 Å². The molecule has 1 aromatic heterocycles. The summed E-state index contributed by atoms with van der Waals surface area (Å²) >= 11 is 0. The molecule has 0 saturated carbocycles. The molecule has 1 N–H and O–H groups in total. The maximum absolute atomic E-state index is 13.8. The first kappa shape index (κ1) is 20.1. The third-order valence-corrected chi connectivity index (χ3v) is 5.07. The van der Waals surface area contributed by atoms with E-state index < -0.39 is 24.6 Å². The van der Waals surface area contributed by atoms with Crippen molar-refractivity contribution in [3.05, 3.63) is 95.9 Å². The Labute approximate surface area is 170 Å². The SMILES string of the molecule is OC(Cc1ccccc1)(Cc1ccc2c(cnn2-c2ccc(F)cc2)c1)C(F)(F)F. The van der Waals surface area contributed by atoms with E-state index in [1.807, 2.05) is 0 Å². The zero-order chi connectivity index (χ0) is 21.4. The van der Waals surface area contributed by atoms with Crippen molar-refractivity contribution in [3.63, 3.8) is 0 Å². The van der Waals surface area contributed by atoms with Crippen molar-refractivity contribution >= 4 is 10.9 Å². The topological polar surface area (TPSA) is 38.1 Å². The summed E-state index contributed by atoms with van der Waals surface area (Å²) in [5, 5.41) is 15.4. The summed E-state index contributed by atoms with van der Waals surface area (Å²) in [6, 6.07) is 18.7. The largest absolute Gasteiger partial charge is 0.417 e. The number of hydrogen-bond donors (Lipinski definition) is 1. The van der Waals surface area contributed by atoms with Crippen LogP contribution in [-0.4, -0.2) is 26.7 Å². The summed E-state index contributed by atoms with van der Waals surface area (Å²) in [4.78, 5) is 0. The van der Waals surface area contributed by atoms with Gasteiger partial charge in [-0.3, -0.25) is 0 Å². The summed E-state index contributed by atoms with van der Waals surface area (Å²) in [7, 11) is 0. The fourth-order valence-electron chi connectivity index (χ4n) is 3.51. The maximum atomic E-state index is 13.8. The molecule has 1 atom stereocenters. The van der Waals surface area contributed by atoms with Crippen LogP contribution in [-0.2, 0) is 12.8 Å². The van der Waals surface area contributed by atoms with Crippen LogP contribution >= 0.6 is 0 Å². The lowest BCUT2D eigenvalue weighted by Crippen LogP contribution is -2.49. The van der Waals surface area contributed by atoms with Gasteiger partial charge < -0.3 is 5.11 Å². The lowest BCUT2D eigenvalue weighted by molar-refractivity contribution is -0.259. The molecule has 0 aliphatic heterocycles. The van der Waals surface area contributed by atoms with Crippen LogP contribution in [0.15, 0.2) is 79.0 Å². The van der Waals surface area contributed by atoms with Gasteiger partial charge in [0.05, 0.1) is 17.4 Å². The molecule has 30 heavy (non-hydrogen) atoms. The number of rotatable bonds is 5. The van der Waals surface area contributed by atoms with E-state index in [9.17, 15) is 22.7 Å². The first-order chi connectivity index (χ1) is 14.2. The number of aromatic nitrogens is 2. The van der Waals surface area contributed by atoms with Crippen molar-refractivity contribution in [2.75, 3.05) is 0 Å². The Hall–Kier alpha value is -3.19. The van der Waals surface area contributed by atoms with Gasteiger partial charge in [0.25, 0.3) is 0 Å². The molecule has 3 aromatic carbocycles. The molecular formula is C23H18F4N2O. The first-order valence-electron chi connectivity index (χ1n) is 9.31. The molecule has 0 amide bonds. The second-order valence-electron chi connectivity index (χ2n) is 7.29. The monoisotopic (exact) mass is 414 g/mol. The van der Waals surface area contributed by atoms with Crippen molar-refractivity contribution in [2.45, 2.75) is 24.6 Å². The number of alkyl halides is 3. The zero-order valence-corrected chi connectivity index (χ0v) is 15.8. The number of fused-ring (bicyclic) bond motifs is 1. The van der Waals surface area contributed by atoms with Crippen LogP contribution in [0.2, 0.25) is 0 Å². The smallest absolute Gasteiger partial charge is 0.380 e. The van der Waals surface area contributed by atoms with Crippen LogP contribution in [0.3, 0.4) is 0 Å². The van der Waals surface area contributed by atoms with Gasteiger partial charge in [0, 0.05) is 18.2 Å². The molecule has 7 heteroatoms. The third kappa shape index (κ3) is 3.93. The van der Waals surface area contributed by atoms with Crippen molar-refractivity contribution in [1.82, 2.24) is 9.78 Å². The summed E-state index contributed by atoms with van der Waals surface area (Å²) in [6.45, 7) is 0. The van der Waals surface area contributed by atoms with Crippen LogP contribution in [0.1, 0.15) is 11.1 Å². The van der Waals surface area contributed by atoms with Crippen LogP contribution in [0.25, 0.3) is 16.6 Å². The average Bonchev–Trinajstić information content (AvgIpc) is 3.11. The van der Waals surface area contributed by atoms with Gasteiger partial charge in [-0.15, -0.1) is 0 Å². The number of hydrogen-bond acceptors (Lipinski definition) is 2. The fourth-order valence-corrected chi connectivity index (χ4v) is 3.51. The minimum atomic E-state index is -4.80. The molecule has 0 aliphatic rings. The molecule has 0 fully saturated rings. The van der Waals surface area contributed by atoms with Gasteiger partial charge in [-0.2, -0.15) is 18.3 Å². The van der Waals surface area contributed by atoms with Gasteiger partial charge in [0.15, 0.2) is 5.60 Å². The number of nitrogens with zero attached hydrogens (tertiary/aromatic N) is 2. The molecule has 3 nitrogen and oxygen atoms in total. The Bertz CT molecular complexity index is 1150. The molecular weight excluding hydrogens is 396 g/mol. The van der Waals surface area contributed by atoms with Gasteiger partial charge in [0.2, 0.25) is 0 Å². The van der Waals surface area contributed by atoms with Crippen molar-refractivity contribution in [3.8, 4) is 5.69 Å². The third-order valence-electron chi connectivity index (χ3n) is 5.07. The van der Waals surface area contributed by atoms with E-state index >= 15 is 0 Å². The molecule has 0 radical (unpaired) electrons. The van der Waals surface area contributed by atoms with E-state index in [-0.39, 0.29) is 5.82 Å². The first-order valence-corrected chi connectivity index (χ1v) is 9.31. The minimum absolute atomic E-state index is 0.344. The average molecular weight is 414 g/mol. The van der Waals surface area contributed by atoms with E-state index in [1.54, 1.807) is 65.3 Å². The Kier molecular flexibility index (Phi) is 5.07. The number of aliphatic hydroxyl groups is 1. The highest BCUT2D eigenvalue weighted by atomic mass is 19.4. The van der Waals surface area contributed by atoms with Crippen LogP contribution < -0.4 is 0 Å². The van der Waals surface area contributed by atoms with Gasteiger partial charge in [-0.1, -0.05) is 36.4 Å². The predicted molar refractivity (Wildman–Crippen MR) is 106 cm³/mol. The van der Waals surface area contributed by atoms with E-state index in [0.29, 0.717) is 27.7 Å². The molecule has 4 rings (SSSR count). The van der Waals surface area contributed by atoms with Gasteiger partial charge in [-0.25, -0.2) is 9.07 Å². The molecule has 154 valence electrons. The number of benzene rings is 3. The lowest BCUT2D eigenvalue weighted by atomic mass is 9.87. The van der Waals surface area contributed by atoms with Gasteiger partial charge in [-0.05, 0) is 47.5 Å². The second-order valence-corrected chi connectivity index (χ2v) is 7.29. The normalized spacial score (nSPS) is 14.0. The highest BCUT2D eigenvalue weighted by Crippen LogP contribution is 2.36. The van der Waals surface area contributed by atoms with E-state index in [1.165, 1.54) is 18.3 Å². The highest BCUT2D eigenvalue weighted by molar-refractivity contribution is 5.81. The van der Waals surface area contributed by atoms with Crippen LogP contribution in [0.5, 0.6) is 0 Å². The Balaban J connectivity index is 1.66. The van der Waals surface area contributed by atoms with Crippen LogP contribution in [0.4, 0.5) is 17.6 Å². The Morgan fingerprint density at radius 2 is 1.50 bits per heavy atom. The molecule has 1 heterocycles. The van der Waals surface area contributed by atoms with E-state index in [0.717, 1.165) is 0 Å². The lowest BCUT2D eigenvalue weighted by Gasteiger charge is -2.31. The summed E-state index contributed by atoms with van der Waals surface area (Å²) < 4.78 is 56.0. The van der Waals surface area contributed by atoms with Crippen LogP contribution in [0, 0.1) is 5.82 Å².